The van der Waals surface area contributed by atoms with Crippen molar-refractivity contribution in [2.75, 3.05) is 44.2 Å². The van der Waals surface area contributed by atoms with Crippen molar-refractivity contribution in [2.24, 2.45) is 0 Å². The number of aryl methyl sites for hydroxylation is 2. The van der Waals surface area contributed by atoms with Gasteiger partial charge in [0.15, 0.2) is 0 Å². The van der Waals surface area contributed by atoms with Gasteiger partial charge in [-0.2, -0.15) is 0 Å². The number of amides is 1. The van der Waals surface area contributed by atoms with Gasteiger partial charge in [0.1, 0.15) is 0 Å². The van der Waals surface area contributed by atoms with Gasteiger partial charge in [-0.1, -0.05) is 18.2 Å². The van der Waals surface area contributed by atoms with E-state index in [0.29, 0.717) is 12.5 Å². The first-order valence-electron chi connectivity index (χ1n) is 13.1. The van der Waals surface area contributed by atoms with E-state index in [4.69, 9.17) is 4.74 Å². The number of anilines is 1. The van der Waals surface area contributed by atoms with Crippen molar-refractivity contribution >= 4 is 30.4 Å². The van der Waals surface area contributed by atoms with Crippen LogP contribution in [0, 0.1) is 0 Å². The molecule has 6 rings (SSSR count). The van der Waals surface area contributed by atoms with Crippen LogP contribution in [0.3, 0.4) is 0 Å². The maximum atomic E-state index is 13.2. The van der Waals surface area contributed by atoms with Gasteiger partial charge in [0.05, 0.1) is 0 Å². The molecular weight excluding hydrogens is 664 g/mol. The fraction of sp³-hybridized carbons (Fsp3) is 0.536. The topological polar surface area (TPSA) is 36.0 Å². The molecule has 188 valence electrons. The second-order valence-electron chi connectivity index (χ2n) is 10.4. The minimum absolute atomic E-state index is 0.135. The van der Waals surface area contributed by atoms with Crippen LogP contribution in [0.2, 0.25) is 0 Å². The normalized spacial score (nSPS) is 23.8. The van der Waals surface area contributed by atoms with Gasteiger partial charge in [0, 0.05) is 6.42 Å². The average Bonchev–Trinajstić information content (AvgIpc) is 3.19. The first kappa shape index (κ1) is 24.3. The molecule has 2 aliphatic carbocycles. The van der Waals surface area contributed by atoms with E-state index in [1.165, 1.54) is 72.3 Å². The molecule has 0 spiro atoms. The summed E-state index contributed by atoms with van der Waals surface area (Å²) >= 11 is 2.73. The number of piperidine rings is 1. The summed E-state index contributed by atoms with van der Waals surface area (Å²) in [4.78, 5) is 17.7. The zero-order chi connectivity index (χ0) is 23.8. The number of carbonyl (C=O) groups is 1. The van der Waals surface area contributed by atoms with Crippen molar-refractivity contribution in [3.05, 3.63) is 64.2 Å². The predicted octanol–water partition coefficient (Wildman–Crippen LogP) is 2.65. The van der Waals surface area contributed by atoms with Gasteiger partial charge >= 0.3 is 164 Å². The molecule has 2 aromatic carbocycles. The molecule has 0 saturated carbocycles. The summed E-state index contributed by atoms with van der Waals surface area (Å²) in [5, 5.41) is 0. The SMILES string of the molecule is O=C(OCCc1ccc2c(c1)CCCC2)N1CCC2CC1c1cc(N3CCN([I-]I)CC3)ccc12. The van der Waals surface area contributed by atoms with E-state index >= 15 is 0 Å². The predicted molar refractivity (Wildman–Crippen MR) is 144 cm³/mol. The third kappa shape index (κ3) is 5.06. The van der Waals surface area contributed by atoms with E-state index in [9.17, 15) is 4.79 Å². The summed E-state index contributed by atoms with van der Waals surface area (Å²) in [6.07, 6.45) is 7.75. The molecule has 2 aromatic rings. The molecule has 4 aliphatic rings. The summed E-state index contributed by atoms with van der Waals surface area (Å²) in [6.45, 7) is 5.80. The van der Waals surface area contributed by atoms with Crippen molar-refractivity contribution in [2.45, 2.75) is 56.9 Å². The second-order valence-corrected chi connectivity index (χ2v) is 14.6. The van der Waals surface area contributed by atoms with Crippen molar-refractivity contribution in [1.29, 1.82) is 0 Å². The molecule has 5 nitrogen and oxygen atoms in total. The number of rotatable bonds is 5. The molecule has 2 fully saturated rings. The number of hydrogen-bond acceptors (Lipinski definition) is 4. The Bertz CT molecular complexity index is 1090. The van der Waals surface area contributed by atoms with E-state index in [-0.39, 0.29) is 29.6 Å². The van der Waals surface area contributed by atoms with Gasteiger partial charge in [-0.05, 0) is 42.4 Å². The molecule has 2 heterocycles. The molecule has 0 N–H and O–H groups in total. The van der Waals surface area contributed by atoms with Crippen LogP contribution in [0.4, 0.5) is 10.5 Å². The van der Waals surface area contributed by atoms with Gasteiger partial charge in [-0.15, -0.1) is 0 Å². The Labute approximate surface area is 229 Å². The van der Waals surface area contributed by atoms with E-state index in [0.717, 1.165) is 38.9 Å². The fourth-order valence-corrected chi connectivity index (χ4v) is 9.71. The molecule has 2 atom stereocenters. The van der Waals surface area contributed by atoms with E-state index < -0.39 is 0 Å². The van der Waals surface area contributed by atoms with E-state index in [1.807, 2.05) is 4.90 Å². The Hall–Kier alpha value is -1.07. The van der Waals surface area contributed by atoms with Gasteiger partial charge in [0.25, 0.3) is 0 Å². The molecule has 2 unspecified atom stereocenters. The number of halogens is 2. The average molecular weight is 698 g/mol. The quantitative estimate of drug-likeness (QED) is 0.356. The van der Waals surface area contributed by atoms with Crippen LogP contribution in [0.25, 0.3) is 0 Å². The summed E-state index contributed by atoms with van der Waals surface area (Å²) in [7, 11) is 0. The number of fused-ring (bicyclic) bond motifs is 6. The minimum atomic E-state index is -0.135. The first-order valence-corrected chi connectivity index (χ1v) is 20.4. The van der Waals surface area contributed by atoms with Gasteiger partial charge < -0.3 is 0 Å². The molecule has 35 heavy (non-hydrogen) atoms. The van der Waals surface area contributed by atoms with Crippen LogP contribution in [-0.4, -0.2) is 53.4 Å². The Balaban J connectivity index is 1.10. The standard InChI is InChI=1S/C28H34I2N3O2/c29-30-32-14-12-31(13-15-32)24-7-8-25-23-9-11-33(27(18-23)26(25)19-24)28(34)35-16-10-20-5-6-21-3-1-2-4-22(21)17-20/h5-8,17,19,23,27H,1-4,9-16,18H2/q-1. The number of carbonyl (C=O) groups excluding carboxylic acids is 1. The third-order valence-corrected chi connectivity index (χ3v) is 13.4. The number of benzene rings is 2. The zero-order valence-electron chi connectivity index (χ0n) is 20.2. The van der Waals surface area contributed by atoms with Crippen LogP contribution in [0.1, 0.15) is 65.5 Å². The molecule has 2 saturated heterocycles. The Morgan fingerprint density at radius 2 is 1.80 bits per heavy atom. The Kier molecular flexibility index (Phi) is 7.44. The van der Waals surface area contributed by atoms with Gasteiger partial charge in [0.2, 0.25) is 0 Å². The zero-order valence-corrected chi connectivity index (χ0v) is 24.5. The van der Waals surface area contributed by atoms with Crippen LogP contribution in [0.15, 0.2) is 36.4 Å². The number of nitrogens with zero attached hydrogens (tertiary/aromatic N) is 3. The molecule has 1 amide bonds. The van der Waals surface area contributed by atoms with Gasteiger partial charge in [-0.25, -0.2) is 0 Å². The second kappa shape index (κ2) is 10.7. The summed E-state index contributed by atoms with van der Waals surface area (Å²) in [5.41, 5.74) is 8.44. The van der Waals surface area contributed by atoms with Crippen molar-refractivity contribution < 1.29 is 27.0 Å². The van der Waals surface area contributed by atoms with Crippen molar-refractivity contribution in [3.8, 4) is 0 Å². The number of ether oxygens (including phenoxy) is 1. The van der Waals surface area contributed by atoms with Crippen LogP contribution in [-0.2, 0) is 24.0 Å². The Morgan fingerprint density at radius 3 is 2.63 bits per heavy atom. The molecule has 7 heteroatoms. The Morgan fingerprint density at radius 1 is 0.971 bits per heavy atom. The third-order valence-electron chi connectivity index (χ3n) is 8.42. The first-order chi connectivity index (χ1) is 17.2. The van der Waals surface area contributed by atoms with Crippen LogP contribution < -0.4 is 22.4 Å². The molecule has 0 aromatic heterocycles. The number of likely N-dealkylation sites (tertiary alicyclic amines) is 1. The summed E-state index contributed by atoms with van der Waals surface area (Å²) in [6, 6.07) is 14.1. The summed E-state index contributed by atoms with van der Waals surface area (Å²) < 4.78 is 8.45. The monoisotopic (exact) mass is 698 g/mol. The van der Waals surface area contributed by atoms with Crippen molar-refractivity contribution in [3.63, 3.8) is 0 Å². The number of hydrogen-bond donors (Lipinski definition) is 0. The molecule has 2 aliphatic heterocycles. The van der Waals surface area contributed by atoms with Crippen molar-refractivity contribution in [1.82, 2.24) is 8.01 Å². The number of piperazine rings is 1. The molecule has 0 radical (unpaired) electrons. The maximum absolute atomic E-state index is 13.2. The fourth-order valence-electron chi connectivity index (χ4n) is 6.47. The molecule has 2 bridgehead atoms. The van der Waals surface area contributed by atoms with Gasteiger partial charge in [-0.3, -0.25) is 0 Å². The summed E-state index contributed by atoms with van der Waals surface area (Å²) in [5.74, 6) is 0.587. The molecular formula is C28H34I2N3O2-. The van der Waals surface area contributed by atoms with Crippen LogP contribution in [0.5, 0.6) is 0 Å². The van der Waals surface area contributed by atoms with E-state index in [2.05, 4.69) is 63.0 Å². The van der Waals surface area contributed by atoms with E-state index in [1.54, 1.807) is 0 Å². The van der Waals surface area contributed by atoms with Crippen LogP contribution >= 0.6 is 18.6 Å².